The molecule has 1 aliphatic heterocycles. The average Bonchev–Trinajstić information content (AvgIpc) is 2.74. The molecule has 2 heterocycles. The maximum absolute atomic E-state index is 11.6. The largest absolute Gasteiger partial charge is 0.394 e. The van der Waals surface area contributed by atoms with Crippen LogP contribution in [0.1, 0.15) is 18.2 Å². The van der Waals surface area contributed by atoms with E-state index in [4.69, 9.17) is 24.2 Å². The Hall–Kier alpha value is -1.29. The highest BCUT2D eigenvalue weighted by molar-refractivity contribution is 7.30. The van der Waals surface area contributed by atoms with Gasteiger partial charge in [0.05, 0.1) is 12.7 Å². The van der Waals surface area contributed by atoms with Gasteiger partial charge in [0, 0.05) is 18.2 Å². The molecule has 10 nitrogen and oxygen atoms in total. The number of nitrogens with zero attached hydrogens (tertiary/aromatic N) is 1. The summed E-state index contributed by atoms with van der Waals surface area (Å²) >= 11 is 0. The van der Waals surface area contributed by atoms with Gasteiger partial charge in [-0.3, -0.25) is 18.9 Å². The van der Waals surface area contributed by atoms with E-state index >= 15 is 0 Å². The Morgan fingerprint density at radius 2 is 2.05 bits per heavy atom. The Labute approximate surface area is 119 Å². The van der Waals surface area contributed by atoms with Gasteiger partial charge in [-0.25, -0.2) is 4.79 Å². The van der Waals surface area contributed by atoms with E-state index in [0.29, 0.717) is 5.56 Å². The van der Waals surface area contributed by atoms with Crippen LogP contribution in [0.4, 0.5) is 0 Å². The lowest BCUT2D eigenvalue weighted by molar-refractivity contribution is -0.0531. The fourth-order valence-corrected chi connectivity index (χ4v) is 1.87. The minimum atomic E-state index is -3.13. The minimum Gasteiger partial charge on any atom is -0.394 e. The average molecular weight is 324 g/mol. The summed E-state index contributed by atoms with van der Waals surface area (Å²) in [6, 6.07) is 0. The molecule has 1 fully saturated rings. The van der Waals surface area contributed by atoms with Gasteiger partial charge in [-0.15, -0.1) is 0 Å². The van der Waals surface area contributed by atoms with E-state index in [1.807, 2.05) is 0 Å². The third-order valence-corrected chi connectivity index (χ3v) is 2.79. The predicted molar refractivity (Wildman–Crippen MR) is 71.1 cm³/mol. The number of hydrogen-bond acceptors (Lipinski definition) is 6. The van der Waals surface area contributed by atoms with Crippen molar-refractivity contribution >= 4 is 8.25 Å². The monoisotopic (exact) mass is 324 g/mol. The molecular formula is C10H17N2O8P. The molecule has 0 spiro atoms. The van der Waals surface area contributed by atoms with E-state index in [9.17, 15) is 14.7 Å². The van der Waals surface area contributed by atoms with Gasteiger partial charge in [-0.1, -0.05) is 0 Å². The Morgan fingerprint density at radius 3 is 2.52 bits per heavy atom. The molecule has 21 heavy (non-hydrogen) atoms. The van der Waals surface area contributed by atoms with Gasteiger partial charge in [0.1, 0.15) is 6.10 Å². The van der Waals surface area contributed by atoms with E-state index < -0.39 is 37.9 Å². The Balaban J connectivity index is 0.000000491. The highest BCUT2D eigenvalue weighted by Gasteiger charge is 2.35. The highest BCUT2D eigenvalue weighted by atomic mass is 31.1. The van der Waals surface area contributed by atoms with Crippen LogP contribution in [0, 0.1) is 6.92 Å². The third kappa shape index (κ3) is 4.88. The van der Waals surface area contributed by atoms with Crippen molar-refractivity contribution in [2.24, 2.45) is 0 Å². The van der Waals surface area contributed by atoms with E-state index in [-0.39, 0.29) is 13.0 Å². The van der Waals surface area contributed by atoms with Gasteiger partial charge in [-0.05, 0) is 6.92 Å². The fourth-order valence-electron chi connectivity index (χ4n) is 1.87. The van der Waals surface area contributed by atoms with Gasteiger partial charge in [0.2, 0.25) is 0 Å². The maximum Gasteiger partial charge on any atom is 0.330 e. The number of ether oxygens (including phenoxy) is 1. The van der Waals surface area contributed by atoms with Crippen LogP contribution in [0.3, 0.4) is 0 Å². The number of rotatable bonds is 2. The second kappa shape index (κ2) is 7.64. The Bertz CT molecular complexity index is 608. The lowest BCUT2D eigenvalue weighted by Gasteiger charge is -2.17. The Kier molecular flexibility index (Phi) is 6.46. The maximum atomic E-state index is 11.6. The van der Waals surface area contributed by atoms with Crippen molar-refractivity contribution in [3.8, 4) is 0 Å². The SMILES string of the molecule is Cc1cn(C2O[C@H](CO)C[C@H]2O)c(=O)[nH]c1=O.O=[PH](O)O. The molecule has 5 N–H and O–H groups in total. The number of hydrogen-bond donors (Lipinski definition) is 5. The molecule has 0 aromatic carbocycles. The topological polar surface area (TPSA) is 162 Å². The van der Waals surface area contributed by atoms with Crippen molar-refractivity contribution in [1.29, 1.82) is 0 Å². The van der Waals surface area contributed by atoms with E-state index in [2.05, 4.69) is 4.98 Å². The lowest BCUT2D eigenvalue weighted by atomic mass is 10.2. The molecule has 2 rings (SSSR count). The van der Waals surface area contributed by atoms with Crippen LogP contribution < -0.4 is 11.2 Å². The van der Waals surface area contributed by atoms with Gasteiger partial charge < -0.3 is 24.7 Å². The first-order valence-corrected chi connectivity index (χ1v) is 7.24. The molecule has 1 aromatic heterocycles. The Morgan fingerprint density at radius 1 is 1.48 bits per heavy atom. The number of nitrogens with one attached hydrogen (secondary N) is 1. The highest BCUT2D eigenvalue weighted by Crippen LogP contribution is 2.27. The number of aliphatic hydroxyl groups is 2. The van der Waals surface area contributed by atoms with Crippen molar-refractivity contribution in [2.45, 2.75) is 31.8 Å². The molecule has 3 atom stereocenters. The molecule has 1 aromatic rings. The predicted octanol–water partition coefficient (Wildman–Crippen LogP) is -2.15. The number of aliphatic hydroxyl groups excluding tert-OH is 2. The molecule has 1 unspecified atom stereocenters. The van der Waals surface area contributed by atoms with Crippen LogP contribution in [0.15, 0.2) is 15.8 Å². The third-order valence-electron chi connectivity index (χ3n) is 2.79. The quantitative estimate of drug-likeness (QED) is 0.384. The standard InChI is InChI=1S/C10H14N2O5.H3O3P/c1-5-3-12(10(16)11-8(5)15)9-7(14)2-6(4-13)17-9;1-4(2)3/h3,6-7,9,13-14H,2,4H2,1H3,(H,11,15,16);4H,(H2,1,2,3)/t6-,7+,9?;/m0./s1. The van der Waals surface area contributed by atoms with Gasteiger partial charge in [-0.2, -0.15) is 0 Å². The zero-order chi connectivity index (χ0) is 16.2. The molecule has 0 bridgehead atoms. The van der Waals surface area contributed by atoms with Gasteiger partial charge in [0.15, 0.2) is 6.23 Å². The van der Waals surface area contributed by atoms with Crippen molar-refractivity contribution < 1.29 is 29.3 Å². The zero-order valence-corrected chi connectivity index (χ0v) is 12.1. The summed E-state index contributed by atoms with van der Waals surface area (Å²) in [7, 11) is -3.13. The summed E-state index contributed by atoms with van der Waals surface area (Å²) in [4.78, 5) is 39.2. The van der Waals surface area contributed by atoms with Crippen molar-refractivity contribution in [2.75, 3.05) is 6.61 Å². The molecule has 11 heteroatoms. The number of aromatic amines is 1. The van der Waals surface area contributed by atoms with Crippen LogP contribution >= 0.6 is 8.25 Å². The fraction of sp³-hybridized carbons (Fsp3) is 0.600. The summed E-state index contributed by atoms with van der Waals surface area (Å²) in [5, 5.41) is 18.7. The molecule has 0 amide bonds. The summed E-state index contributed by atoms with van der Waals surface area (Å²) in [6.07, 6.45) is -0.639. The summed E-state index contributed by atoms with van der Waals surface area (Å²) in [5.74, 6) is 0. The van der Waals surface area contributed by atoms with Gasteiger partial charge >= 0.3 is 13.9 Å². The second-order valence-corrected chi connectivity index (χ2v) is 4.96. The first-order valence-electron chi connectivity index (χ1n) is 5.94. The summed E-state index contributed by atoms with van der Waals surface area (Å²) < 4.78 is 15.2. The van der Waals surface area contributed by atoms with Crippen LogP contribution in [0.5, 0.6) is 0 Å². The second-order valence-electron chi connectivity index (χ2n) is 4.40. The summed E-state index contributed by atoms with van der Waals surface area (Å²) in [5.41, 5.74) is -0.742. The van der Waals surface area contributed by atoms with Crippen molar-refractivity contribution in [1.82, 2.24) is 9.55 Å². The number of aryl methyl sites for hydroxylation is 1. The van der Waals surface area contributed by atoms with Gasteiger partial charge in [0.25, 0.3) is 5.56 Å². The van der Waals surface area contributed by atoms with Crippen LogP contribution in [-0.2, 0) is 9.30 Å². The molecule has 0 aliphatic carbocycles. The molecule has 0 radical (unpaired) electrons. The first kappa shape index (κ1) is 17.8. The van der Waals surface area contributed by atoms with Crippen molar-refractivity contribution in [3.05, 3.63) is 32.6 Å². The minimum absolute atomic E-state index is 0.218. The number of aromatic nitrogens is 2. The normalized spacial score (nSPS) is 24.8. The van der Waals surface area contributed by atoms with E-state index in [0.717, 1.165) is 4.57 Å². The van der Waals surface area contributed by atoms with E-state index in [1.165, 1.54) is 6.20 Å². The van der Waals surface area contributed by atoms with Crippen LogP contribution in [0.2, 0.25) is 0 Å². The first-order chi connectivity index (χ1) is 9.76. The van der Waals surface area contributed by atoms with E-state index in [1.54, 1.807) is 6.92 Å². The molecule has 120 valence electrons. The summed E-state index contributed by atoms with van der Waals surface area (Å²) in [6.45, 7) is 1.34. The van der Waals surface area contributed by atoms with Crippen molar-refractivity contribution in [3.63, 3.8) is 0 Å². The molecule has 1 aliphatic rings. The van der Waals surface area contributed by atoms with Crippen LogP contribution in [0.25, 0.3) is 0 Å². The zero-order valence-electron chi connectivity index (χ0n) is 11.1. The van der Waals surface area contributed by atoms with Crippen LogP contribution in [-0.4, -0.2) is 48.4 Å². The lowest BCUT2D eigenvalue weighted by Crippen LogP contribution is -2.36. The number of H-pyrrole nitrogens is 1. The molecule has 0 saturated carbocycles. The smallest absolute Gasteiger partial charge is 0.330 e. The molecule has 1 saturated heterocycles. The molecular weight excluding hydrogens is 307 g/mol.